The summed E-state index contributed by atoms with van der Waals surface area (Å²) in [4.78, 5) is 10.6. The number of rotatable bonds is 1. The van der Waals surface area contributed by atoms with Gasteiger partial charge in [0.05, 0.1) is 0 Å². The largest absolute Gasteiger partial charge is 0.291 e. The van der Waals surface area contributed by atoms with Crippen LogP contribution in [0.2, 0.25) is 0 Å². The van der Waals surface area contributed by atoms with Crippen LogP contribution in [0.15, 0.2) is 0 Å². The molecule has 0 bridgehead atoms. The predicted octanol–water partition coefficient (Wildman–Crippen LogP) is -0.587. The van der Waals surface area contributed by atoms with Crippen LogP contribution in [0.1, 0.15) is 17.5 Å². The second kappa shape index (κ2) is 1.93. The summed E-state index contributed by atoms with van der Waals surface area (Å²) in [6.07, 6.45) is 0. The van der Waals surface area contributed by atoms with Crippen molar-refractivity contribution >= 4 is 5.78 Å². The van der Waals surface area contributed by atoms with E-state index < -0.39 is 0 Å². The molecule has 1 aromatic rings. The second-order valence-electron chi connectivity index (χ2n) is 1.68. The molecule has 0 amide bonds. The summed E-state index contributed by atoms with van der Waals surface area (Å²) in [6, 6.07) is 0. The van der Waals surface area contributed by atoms with Crippen molar-refractivity contribution in [2.45, 2.75) is 6.92 Å². The van der Waals surface area contributed by atoms with Crippen molar-refractivity contribution in [3.8, 4) is 0 Å². The molecule has 5 heteroatoms. The maximum atomic E-state index is 10.6. The van der Waals surface area contributed by atoms with Gasteiger partial charge in [-0.1, -0.05) is 0 Å². The minimum Gasteiger partial charge on any atom is -0.291 e. The van der Waals surface area contributed by atoms with Gasteiger partial charge in [-0.2, -0.15) is 0 Å². The Morgan fingerprint density at radius 3 is 2.56 bits per heavy atom. The molecular formula is C4H6N4O. The van der Waals surface area contributed by atoms with Crippen molar-refractivity contribution in [3.05, 3.63) is 5.82 Å². The first-order chi connectivity index (χ1) is 4.22. The molecule has 0 unspecified atom stereocenters. The molecule has 0 fully saturated rings. The molecule has 0 aromatic carbocycles. The van der Waals surface area contributed by atoms with E-state index in [0.717, 1.165) is 0 Å². The molecule has 0 spiro atoms. The molecule has 0 atom stereocenters. The zero-order chi connectivity index (χ0) is 6.85. The fraction of sp³-hybridized carbons (Fsp3) is 0.500. The maximum Gasteiger partial charge on any atom is 0.217 e. The van der Waals surface area contributed by atoms with Crippen molar-refractivity contribution in [2.75, 3.05) is 0 Å². The van der Waals surface area contributed by atoms with Crippen LogP contribution in [0.25, 0.3) is 0 Å². The number of carbonyl (C=O) groups excluding carboxylic acids is 1. The number of hydrogen-bond acceptors (Lipinski definition) is 4. The van der Waals surface area contributed by atoms with Crippen molar-refractivity contribution in [2.24, 2.45) is 7.05 Å². The molecule has 0 radical (unpaired) electrons. The van der Waals surface area contributed by atoms with Gasteiger partial charge in [0.15, 0.2) is 5.78 Å². The van der Waals surface area contributed by atoms with E-state index >= 15 is 0 Å². The third-order valence-corrected chi connectivity index (χ3v) is 0.935. The van der Waals surface area contributed by atoms with Crippen LogP contribution in [-0.4, -0.2) is 26.0 Å². The zero-order valence-electron chi connectivity index (χ0n) is 5.20. The van der Waals surface area contributed by atoms with Crippen LogP contribution < -0.4 is 0 Å². The van der Waals surface area contributed by atoms with Crippen LogP contribution >= 0.6 is 0 Å². The Labute approximate surface area is 51.7 Å². The number of hydrogen-bond donors (Lipinski definition) is 0. The number of nitrogens with zero attached hydrogens (tertiary/aromatic N) is 4. The van der Waals surface area contributed by atoms with Crippen molar-refractivity contribution in [1.29, 1.82) is 0 Å². The van der Waals surface area contributed by atoms with Gasteiger partial charge in [0.2, 0.25) is 5.82 Å². The topological polar surface area (TPSA) is 60.7 Å². The van der Waals surface area contributed by atoms with Crippen LogP contribution in [0, 0.1) is 0 Å². The summed E-state index contributed by atoms with van der Waals surface area (Å²) in [5, 5.41) is 10.2. The lowest BCUT2D eigenvalue weighted by Gasteiger charge is -1.87. The minimum absolute atomic E-state index is 0.123. The van der Waals surface area contributed by atoms with Gasteiger partial charge in [0, 0.05) is 14.0 Å². The Morgan fingerprint density at radius 1 is 1.67 bits per heavy atom. The fourth-order valence-corrected chi connectivity index (χ4v) is 0.528. The molecular weight excluding hydrogens is 120 g/mol. The van der Waals surface area contributed by atoms with Crippen LogP contribution in [0.4, 0.5) is 0 Å². The van der Waals surface area contributed by atoms with E-state index in [2.05, 4.69) is 15.5 Å². The highest BCUT2D eigenvalue weighted by Gasteiger charge is 2.05. The first-order valence-corrected chi connectivity index (χ1v) is 2.45. The van der Waals surface area contributed by atoms with E-state index in [1.54, 1.807) is 7.05 Å². The van der Waals surface area contributed by atoms with Gasteiger partial charge in [-0.3, -0.25) is 4.79 Å². The van der Waals surface area contributed by atoms with Gasteiger partial charge in [0.1, 0.15) is 0 Å². The average molecular weight is 126 g/mol. The molecule has 1 rings (SSSR count). The molecule has 0 aliphatic rings. The highest BCUT2D eigenvalue weighted by Crippen LogP contribution is 1.87. The number of aromatic nitrogens is 4. The Hall–Kier alpha value is -1.26. The Kier molecular flexibility index (Phi) is 1.26. The van der Waals surface area contributed by atoms with E-state index in [0.29, 0.717) is 0 Å². The van der Waals surface area contributed by atoms with Crippen LogP contribution in [-0.2, 0) is 7.05 Å². The Balaban J connectivity index is 3.08. The summed E-state index contributed by atoms with van der Waals surface area (Å²) >= 11 is 0. The molecule has 0 aliphatic heterocycles. The zero-order valence-corrected chi connectivity index (χ0v) is 5.20. The number of aryl methyl sites for hydroxylation is 1. The van der Waals surface area contributed by atoms with Crippen molar-refractivity contribution in [1.82, 2.24) is 20.2 Å². The second-order valence-corrected chi connectivity index (χ2v) is 1.68. The van der Waals surface area contributed by atoms with E-state index in [1.165, 1.54) is 11.6 Å². The van der Waals surface area contributed by atoms with Crippen molar-refractivity contribution in [3.63, 3.8) is 0 Å². The smallest absolute Gasteiger partial charge is 0.217 e. The molecule has 1 aromatic heterocycles. The normalized spacial score (nSPS) is 9.56. The van der Waals surface area contributed by atoms with E-state index in [4.69, 9.17) is 0 Å². The molecule has 0 aliphatic carbocycles. The quantitative estimate of drug-likeness (QED) is 0.472. The summed E-state index contributed by atoms with van der Waals surface area (Å²) < 4.78 is 1.34. The molecule has 1 heterocycles. The van der Waals surface area contributed by atoms with E-state index in [-0.39, 0.29) is 11.6 Å². The van der Waals surface area contributed by atoms with Gasteiger partial charge in [-0.15, -0.1) is 5.10 Å². The standard InChI is InChI=1S/C4H6N4O/c1-3(9)4-5-6-7-8(4)2/h1-2H3. The molecule has 48 valence electrons. The summed E-state index contributed by atoms with van der Waals surface area (Å²) in [7, 11) is 1.62. The third kappa shape index (κ3) is 0.933. The maximum absolute atomic E-state index is 10.6. The average Bonchev–Trinajstić information content (AvgIpc) is 2.13. The highest BCUT2D eigenvalue weighted by atomic mass is 16.1. The lowest BCUT2D eigenvalue weighted by Crippen LogP contribution is -2.03. The van der Waals surface area contributed by atoms with Crippen molar-refractivity contribution < 1.29 is 4.79 Å². The first-order valence-electron chi connectivity index (χ1n) is 2.45. The molecule has 0 saturated carbocycles. The Morgan fingerprint density at radius 2 is 2.33 bits per heavy atom. The number of ketones is 1. The monoisotopic (exact) mass is 126 g/mol. The van der Waals surface area contributed by atoms with Crippen LogP contribution in [0.3, 0.4) is 0 Å². The summed E-state index contributed by atoms with van der Waals surface area (Å²) in [5.74, 6) is 0.164. The molecule has 0 N–H and O–H groups in total. The van der Waals surface area contributed by atoms with Gasteiger partial charge in [0.25, 0.3) is 0 Å². The van der Waals surface area contributed by atoms with Gasteiger partial charge in [-0.25, -0.2) is 4.68 Å². The number of Topliss-reactive ketones (excluding diaryl/α,β-unsaturated/α-hetero) is 1. The number of tetrazole rings is 1. The van der Waals surface area contributed by atoms with Gasteiger partial charge < -0.3 is 0 Å². The summed E-state index contributed by atoms with van der Waals surface area (Å²) in [5.41, 5.74) is 0. The lowest BCUT2D eigenvalue weighted by atomic mass is 10.4. The Bertz CT molecular complexity index is 228. The van der Waals surface area contributed by atoms with Crippen LogP contribution in [0.5, 0.6) is 0 Å². The third-order valence-electron chi connectivity index (χ3n) is 0.935. The highest BCUT2D eigenvalue weighted by molar-refractivity contribution is 5.90. The molecule has 0 saturated heterocycles. The fourth-order valence-electron chi connectivity index (χ4n) is 0.528. The van der Waals surface area contributed by atoms with E-state index in [1.807, 2.05) is 0 Å². The lowest BCUT2D eigenvalue weighted by molar-refractivity contribution is 0.0999. The predicted molar refractivity (Wildman–Crippen MR) is 28.8 cm³/mol. The molecule has 5 nitrogen and oxygen atoms in total. The molecule has 9 heavy (non-hydrogen) atoms. The van der Waals surface area contributed by atoms with E-state index in [9.17, 15) is 4.79 Å². The SMILES string of the molecule is CC(=O)c1nnnn1C. The summed E-state index contributed by atoms with van der Waals surface area (Å²) in [6.45, 7) is 1.42. The van der Waals surface area contributed by atoms with Gasteiger partial charge in [-0.05, 0) is 10.4 Å². The first kappa shape index (κ1) is 5.87. The van der Waals surface area contributed by atoms with Gasteiger partial charge >= 0.3 is 0 Å². The minimum atomic E-state index is -0.123. The number of carbonyl (C=O) groups is 1.